The first-order chi connectivity index (χ1) is 8.88. The van der Waals surface area contributed by atoms with Gasteiger partial charge in [0.15, 0.2) is 0 Å². The van der Waals surface area contributed by atoms with Crippen LogP contribution in [0.25, 0.3) is 0 Å². The van der Waals surface area contributed by atoms with Gasteiger partial charge in [0.05, 0.1) is 11.6 Å². The van der Waals surface area contributed by atoms with E-state index >= 15 is 0 Å². The lowest BCUT2D eigenvalue weighted by atomic mass is 10.2. The van der Waals surface area contributed by atoms with Crippen molar-refractivity contribution in [1.82, 2.24) is 4.31 Å². The zero-order valence-corrected chi connectivity index (χ0v) is 12.7. The van der Waals surface area contributed by atoms with E-state index in [4.69, 9.17) is 35.4 Å². The van der Waals surface area contributed by atoms with Crippen molar-refractivity contribution in [1.29, 1.82) is 0 Å². The molecule has 0 aliphatic carbocycles. The van der Waals surface area contributed by atoms with Crippen molar-refractivity contribution < 1.29 is 8.42 Å². The van der Waals surface area contributed by atoms with Gasteiger partial charge < -0.3 is 5.73 Å². The Morgan fingerprint density at radius 3 is 2.53 bits per heavy atom. The van der Waals surface area contributed by atoms with Crippen LogP contribution >= 0.6 is 23.2 Å². The van der Waals surface area contributed by atoms with E-state index in [0.29, 0.717) is 5.56 Å². The van der Waals surface area contributed by atoms with Crippen molar-refractivity contribution in [3.63, 3.8) is 0 Å². The molecule has 0 saturated heterocycles. The Labute approximate surface area is 123 Å². The molecule has 0 spiro atoms. The number of nitrogens with zero attached hydrogens (tertiary/aromatic N) is 1. The first kappa shape index (κ1) is 16.3. The average Bonchev–Trinajstić information content (AvgIpc) is 2.37. The van der Waals surface area contributed by atoms with E-state index in [1.54, 1.807) is 13.0 Å². The zero-order chi connectivity index (χ0) is 14.6. The molecule has 0 aromatic heterocycles. The van der Waals surface area contributed by atoms with E-state index < -0.39 is 10.0 Å². The quantitative estimate of drug-likeness (QED) is 0.845. The van der Waals surface area contributed by atoms with E-state index in [-0.39, 0.29) is 34.6 Å². The molecule has 0 aliphatic rings. The van der Waals surface area contributed by atoms with Gasteiger partial charge in [-0.25, -0.2) is 8.42 Å². The largest absolute Gasteiger partial charge is 0.326 e. The number of hydrogen-bond acceptors (Lipinski definition) is 3. The topological polar surface area (TPSA) is 63.4 Å². The number of rotatable bonds is 5. The molecule has 2 N–H and O–H groups in total. The number of benzene rings is 1. The fraction of sp³-hybridized carbons (Fsp3) is 0.333. The molecule has 0 fully saturated rings. The molecular weight excluding hydrogens is 307 g/mol. The molecule has 0 atom stereocenters. The SMILES string of the molecule is C#CCN(CC)S(=O)(=O)c1cc(Cl)cc(CN)c1Cl. The van der Waals surface area contributed by atoms with Gasteiger partial charge in [0.1, 0.15) is 4.90 Å². The van der Waals surface area contributed by atoms with Crippen LogP contribution in [0.5, 0.6) is 0 Å². The summed E-state index contributed by atoms with van der Waals surface area (Å²) >= 11 is 12.0. The van der Waals surface area contributed by atoms with Crippen molar-refractivity contribution in [3.8, 4) is 12.3 Å². The highest BCUT2D eigenvalue weighted by Crippen LogP contribution is 2.31. The molecule has 7 heteroatoms. The standard InChI is InChI=1S/C12H14Cl2N2O2S/c1-3-5-16(4-2)19(17,18)11-7-10(13)6-9(8-15)12(11)14/h1,6-7H,4-5,8,15H2,2H3. The maximum Gasteiger partial charge on any atom is 0.245 e. The summed E-state index contributed by atoms with van der Waals surface area (Å²) in [6, 6.07) is 2.85. The van der Waals surface area contributed by atoms with Crippen molar-refractivity contribution >= 4 is 33.2 Å². The van der Waals surface area contributed by atoms with Gasteiger partial charge in [-0.1, -0.05) is 36.0 Å². The van der Waals surface area contributed by atoms with Gasteiger partial charge in [0.25, 0.3) is 0 Å². The molecule has 0 unspecified atom stereocenters. The molecule has 0 radical (unpaired) electrons. The summed E-state index contributed by atoms with van der Waals surface area (Å²) in [6.45, 7) is 2.01. The summed E-state index contributed by atoms with van der Waals surface area (Å²) in [4.78, 5) is -0.0702. The second kappa shape index (κ2) is 6.60. The van der Waals surface area contributed by atoms with Gasteiger partial charge in [-0.3, -0.25) is 0 Å². The number of terminal acetylenes is 1. The summed E-state index contributed by atoms with van der Waals surface area (Å²) < 4.78 is 26.0. The van der Waals surface area contributed by atoms with Crippen LogP contribution in [0.2, 0.25) is 10.0 Å². The molecule has 0 saturated carbocycles. The van der Waals surface area contributed by atoms with Gasteiger partial charge in [0.2, 0.25) is 10.0 Å². The lowest BCUT2D eigenvalue weighted by Gasteiger charge is -2.19. The number of nitrogens with two attached hydrogens (primary N) is 1. The van der Waals surface area contributed by atoms with Crippen molar-refractivity contribution in [2.75, 3.05) is 13.1 Å². The maximum atomic E-state index is 12.4. The van der Waals surface area contributed by atoms with Gasteiger partial charge >= 0.3 is 0 Å². The van der Waals surface area contributed by atoms with Gasteiger partial charge in [-0.15, -0.1) is 6.42 Å². The predicted octanol–water partition coefficient (Wildman–Crippen LogP) is 2.10. The Morgan fingerprint density at radius 1 is 1.42 bits per heavy atom. The average molecular weight is 321 g/mol. The van der Waals surface area contributed by atoms with Crippen LogP contribution in [0, 0.1) is 12.3 Å². The van der Waals surface area contributed by atoms with Gasteiger partial charge in [0, 0.05) is 18.1 Å². The summed E-state index contributed by atoms with van der Waals surface area (Å²) in [7, 11) is -3.78. The van der Waals surface area contributed by atoms with E-state index in [1.807, 2.05) is 0 Å². The second-order valence-corrected chi connectivity index (χ2v) is 6.44. The Balaban J connectivity index is 3.44. The Hall–Kier alpha value is -0.770. The minimum atomic E-state index is -3.78. The highest BCUT2D eigenvalue weighted by atomic mass is 35.5. The fourth-order valence-electron chi connectivity index (χ4n) is 1.56. The number of sulfonamides is 1. The van der Waals surface area contributed by atoms with Gasteiger partial charge in [-0.2, -0.15) is 4.31 Å². The highest BCUT2D eigenvalue weighted by molar-refractivity contribution is 7.89. The lowest BCUT2D eigenvalue weighted by Crippen LogP contribution is -2.31. The van der Waals surface area contributed by atoms with E-state index in [1.165, 1.54) is 6.07 Å². The molecular formula is C12H14Cl2N2O2S. The summed E-state index contributed by atoms with van der Waals surface area (Å²) in [5.41, 5.74) is 5.99. The minimum absolute atomic E-state index is 0.0281. The smallest absolute Gasteiger partial charge is 0.245 e. The van der Waals surface area contributed by atoms with Crippen molar-refractivity contribution in [2.24, 2.45) is 5.73 Å². The van der Waals surface area contributed by atoms with Gasteiger partial charge in [-0.05, 0) is 17.7 Å². The molecule has 4 nitrogen and oxygen atoms in total. The molecule has 1 rings (SSSR count). The third-order valence-electron chi connectivity index (χ3n) is 2.54. The van der Waals surface area contributed by atoms with Crippen LogP contribution in [0.4, 0.5) is 0 Å². The van der Waals surface area contributed by atoms with Crippen molar-refractivity contribution in [2.45, 2.75) is 18.4 Å². The highest BCUT2D eigenvalue weighted by Gasteiger charge is 2.26. The van der Waals surface area contributed by atoms with Crippen LogP contribution in [0.15, 0.2) is 17.0 Å². The molecule has 0 aliphatic heterocycles. The van der Waals surface area contributed by atoms with E-state index in [2.05, 4.69) is 5.92 Å². The lowest BCUT2D eigenvalue weighted by molar-refractivity contribution is 0.464. The minimum Gasteiger partial charge on any atom is -0.326 e. The van der Waals surface area contributed by atoms with E-state index in [0.717, 1.165) is 4.31 Å². The van der Waals surface area contributed by atoms with Crippen LogP contribution in [0.3, 0.4) is 0 Å². The summed E-state index contributed by atoms with van der Waals surface area (Å²) in [5.74, 6) is 2.30. The molecule has 1 aromatic carbocycles. The zero-order valence-electron chi connectivity index (χ0n) is 10.4. The third-order valence-corrected chi connectivity index (χ3v) is 5.26. The second-order valence-electron chi connectivity index (χ2n) is 3.72. The Morgan fingerprint density at radius 2 is 2.05 bits per heavy atom. The predicted molar refractivity (Wildman–Crippen MR) is 77.6 cm³/mol. The number of halogens is 2. The monoisotopic (exact) mass is 320 g/mol. The first-order valence-corrected chi connectivity index (χ1v) is 7.69. The van der Waals surface area contributed by atoms with Crippen LogP contribution in [-0.4, -0.2) is 25.8 Å². The molecule has 0 bridgehead atoms. The molecule has 19 heavy (non-hydrogen) atoms. The first-order valence-electron chi connectivity index (χ1n) is 5.50. The van der Waals surface area contributed by atoms with Crippen LogP contribution in [0.1, 0.15) is 12.5 Å². The molecule has 0 amide bonds. The van der Waals surface area contributed by atoms with Crippen LogP contribution < -0.4 is 5.73 Å². The number of hydrogen-bond donors (Lipinski definition) is 1. The summed E-state index contributed by atoms with van der Waals surface area (Å²) in [6.07, 6.45) is 5.17. The molecule has 1 aromatic rings. The maximum absolute atomic E-state index is 12.4. The summed E-state index contributed by atoms with van der Waals surface area (Å²) in [5, 5.41) is 0.350. The molecule has 104 valence electrons. The Kier molecular flexibility index (Phi) is 5.65. The molecule has 0 heterocycles. The third kappa shape index (κ3) is 3.41. The normalized spacial score (nSPS) is 11.6. The van der Waals surface area contributed by atoms with Crippen LogP contribution in [-0.2, 0) is 16.6 Å². The van der Waals surface area contributed by atoms with E-state index in [9.17, 15) is 8.42 Å². The van der Waals surface area contributed by atoms with Crippen molar-refractivity contribution in [3.05, 3.63) is 27.7 Å². The fourth-order valence-corrected chi connectivity index (χ4v) is 3.84. The Bertz CT molecular complexity index is 609.